The van der Waals surface area contributed by atoms with Crippen molar-refractivity contribution in [2.24, 2.45) is 0 Å². The van der Waals surface area contributed by atoms with Gasteiger partial charge in [-0.05, 0) is 73.2 Å². The van der Waals surface area contributed by atoms with Crippen molar-refractivity contribution in [2.75, 3.05) is 6.26 Å². The minimum Gasteiger partial charge on any atom is -0.360 e. The van der Waals surface area contributed by atoms with Gasteiger partial charge < -0.3 is 4.74 Å². The van der Waals surface area contributed by atoms with Crippen molar-refractivity contribution in [3.63, 3.8) is 0 Å². The van der Waals surface area contributed by atoms with Crippen LogP contribution >= 0.6 is 0 Å². The van der Waals surface area contributed by atoms with Crippen molar-refractivity contribution in [3.05, 3.63) is 71.3 Å². The Morgan fingerprint density at radius 3 is 2.32 bits per heavy atom. The molecule has 1 atom stereocenters. The van der Waals surface area contributed by atoms with E-state index in [1.165, 1.54) is 6.26 Å². The number of Topliss-reactive ketones (excluding diaryl/α,β-unsaturated/α-hetero) is 1. The van der Waals surface area contributed by atoms with Crippen LogP contribution in [0.15, 0.2) is 54.6 Å². The zero-order valence-corrected chi connectivity index (χ0v) is 19.8. The van der Waals surface area contributed by atoms with E-state index in [4.69, 9.17) is 4.74 Å². The summed E-state index contributed by atoms with van der Waals surface area (Å²) in [5.41, 5.74) is 3.79. The third-order valence-electron chi connectivity index (χ3n) is 5.04. The zero-order chi connectivity index (χ0) is 23.0. The Morgan fingerprint density at radius 1 is 1.03 bits per heavy atom. The molecule has 0 aromatic heterocycles. The number of ketones is 1. The smallest absolute Gasteiger partial charge is 0.163 e. The van der Waals surface area contributed by atoms with Gasteiger partial charge in [0.2, 0.25) is 0 Å². The number of carbonyl (C=O) groups excluding carboxylic acids is 1. The van der Waals surface area contributed by atoms with Gasteiger partial charge in [0, 0.05) is 6.26 Å². The Bertz CT molecular complexity index is 1230. The van der Waals surface area contributed by atoms with Crippen LogP contribution in [0.25, 0.3) is 21.9 Å². The Hall–Kier alpha value is -2.50. The minimum atomic E-state index is -3.17. The van der Waals surface area contributed by atoms with Gasteiger partial charge in [0.15, 0.2) is 15.6 Å². The lowest BCUT2D eigenvalue weighted by Gasteiger charge is -2.29. The molecule has 0 heterocycles. The lowest BCUT2D eigenvalue weighted by Crippen LogP contribution is -2.27. The van der Waals surface area contributed by atoms with Crippen molar-refractivity contribution < 1.29 is 17.9 Å². The molecule has 0 bridgehead atoms. The van der Waals surface area contributed by atoms with Crippen LogP contribution in [-0.4, -0.2) is 26.1 Å². The number of rotatable bonds is 6. The molecule has 3 aromatic rings. The molecule has 4 nitrogen and oxygen atoms in total. The summed E-state index contributed by atoms with van der Waals surface area (Å²) in [6, 6.07) is 17.7. The van der Waals surface area contributed by atoms with E-state index in [9.17, 15) is 13.2 Å². The fourth-order valence-electron chi connectivity index (χ4n) is 3.97. The maximum Gasteiger partial charge on any atom is 0.163 e. The highest BCUT2D eigenvalue weighted by molar-refractivity contribution is 7.89. The highest BCUT2D eigenvalue weighted by Gasteiger charge is 2.29. The van der Waals surface area contributed by atoms with Crippen molar-refractivity contribution in [1.29, 1.82) is 0 Å². The lowest BCUT2D eigenvalue weighted by molar-refractivity contribution is -0.138. The van der Waals surface area contributed by atoms with Gasteiger partial charge in [-0.1, -0.05) is 54.6 Å². The molecule has 0 spiro atoms. The van der Waals surface area contributed by atoms with E-state index in [2.05, 4.69) is 6.07 Å². The first-order chi connectivity index (χ1) is 14.4. The minimum absolute atomic E-state index is 0.0332. The third kappa shape index (κ3) is 5.60. The summed E-state index contributed by atoms with van der Waals surface area (Å²) in [5, 5.41) is 2.06. The van der Waals surface area contributed by atoms with Crippen LogP contribution < -0.4 is 0 Å². The maximum absolute atomic E-state index is 12.7. The molecule has 0 amide bonds. The Morgan fingerprint density at radius 2 is 1.71 bits per heavy atom. The zero-order valence-electron chi connectivity index (χ0n) is 19.0. The predicted octanol–water partition coefficient (Wildman–Crippen LogP) is 5.81. The van der Waals surface area contributed by atoms with Gasteiger partial charge in [-0.15, -0.1) is 0 Å². The number of aryl methyl sites for hydroxylation is 1. The van der Waals surface area contributed by atoms with E-state index in [0.29, 0.717) is 5.56 Å². The van der Waals surface area contributed by atoms with Gasteiger partial charge >= 0.3 is 0 Å². The van der Waals surface area contributed by atoms with E-state index in [1.807, 2.05) is 76.2 Å². The molecule has 31 heavy (non-hydrogen) atoms. The number of sulfone groups is 1. The van der Waals surface area contributed by atoms with E-state index >= 15 is 0 Å². The topological polar surface area (TPSA) is 60.4 Å². The van der Waals surface area contributed by atoms with Crippen molar-refractivity contribution in [2.45, 2.75) is 52.1 Å². The SMILES string of the molecule is CC(=O)[C@@H](OC(C)(C)C)c1c(C)cc2ccccc2c1-c1cccc(CS(C)(=O)=O)c1. The molecule has 0 unspecified atom stereocenters. The summed E-state index contributed by atoms with van der Waals surface area (Å²) in [7, 11) is -3.17. The summed E-state index contributed by atoms with van der Waals surface area (Å²) < 4.78 is 30.0. The average molecular weight is 439 g/mol. The number of hydrogen-bond donors (Lipinski definition) is 0. The monoisotopic (exact) mass is 438 g/mol. The van der Waals surface area contributed by atoms with Crippen molar-refractivity contribution >= 4 is 26.4 Å². The predicted molar refractivity (Wildman–Crippen MR) is 127 cm³/mol. The van der Waals surface area contributed by atoms with E-state index in [-0.39, 0.29) is 11.5 Å². The number of ether oxygens (including phenoxy) is 1. The van der Waals surface area contributed by atoms with Gasteiger partial charge in [0.1, 0.15) is 6.10 Å². The quantitative estimate of drug-likeness (QED) is 0.488. The van der Waals surface area contributed by atoms with Gasteiger partial charge in [-0.25, -0.2) is 8.42 Å². The fourth-order valence-corrected chi connectivity index (χ4v) is 4.76. The fraction of sp³-hybridized carbons (Fsp3) is 0.346. The van der Waals surface area contributed by atoms with E-state index in [1.54, 1.807) is 6.92 Å². The second kappa shape index (κ2) is 8.56. The lowest BCUT2D eigenvalue weighted by atomic mass is 9.86. The second-order valence-electron chi connectivity index (χ2n) is 9.19. The van der Waals surface area contributed by atoms with Crippen LogP contribution in [0.2, 0.25) is 0 Å². The Labute approximate surface area is 185 Å². The molecule has 0 saturated carbocycles. The second-order valence-corrected chi connectivity index (χ2v) is 11.3. The summed E-state index contributed by atoms with van der Waals surface area (Å²) in [5.74, 6) is -0.101. The molecule has 3 aromatic carbocycles. The summed E-state index contributed by atoms with van der Waals surface area (Å²) in [4.78, 5) is 12.7. The van der Waals surface area contributed by atoms with Gasteiger partial charge in [0.05, 0.1) is 11.4 Å². The highest BCUT2D eigenvalue weighted by atomic mass is 32.2. The van der Waals surface area contributed by atoms with Crippen LogP contribution in [0, 0.1) is 6.92 Å². The molecule has 0 fully saturated rings. The first-order valence-electron chi connectivity index (χ1n) is 10.3. The summed E-state index contributed by atoms with van der Waals surface area (Å²) in [6.07, 6.45) is 0.508. The summed E-state index contributed by atoms with van der Waals surface area (Å²) >= 11 is 0. The van der Waals surface area contributed by atoms with Crippen LogP contribution in [0.5, 0.6) is 0 Å². The average Bonchev–Trinajstić information content (AvgIpc) is 2.63. The molecule has 5 heteroatoms. The number of benzene rings is 3. The van der Waals surface area contributed by atoms with Crippen molar-refractivity contribution in [3.8, 4) is 11.1 Å². The van der Waals surface area contributed by atoms with E-state index in [0.717, 1.165) is 33.0 Å². The Kier molecular flexibility index (Phi) is 6.40. The third-order valence-corrected chi connectivity index (χ3v) is 5.90. The van der Waals surface area contributed by atoms with Crippen LogP contribution in [0.4, 0.5) is 0 Å². The standard InChI is InChI=1S/C26H30O4S/c1-17-14-20-11-7-8-13-22(20)24(23(17)25(18(2)27)30-26(3,4)5)21-12-9-10-19(15-21)16-31(6,28)29/h7-15,25H,16H2,1-6H3/t25-/m1/s1. The molecule has 0 aliphatic carbocycles. The molecule has 0 aliphatic heterocycles. The van der Waals surface area contributed by atoms with Gasteiger partial charge in [0.25, 0.3) is 0 Å². The van der Waals surface area contributed by atoms with Crippen LogP contribution in [0.3, 0.4) is 0 Å². The molecule has 0 radical (unpaired) electrons. The Balaban J connectivity index is 2.35. The molecule has 3 rings (SSSR count). The molecule has 164 valence electrons. The number of hydrogen-bond acceptors (Lipinski definition) is 4. The van der Waals surface area contributed by atoms with Crippen molar-refractivity contribution in [1.82, 2.24) is 0 Å². The molecule has 0 aliphatic rings. The van der Waals surface area contributed by atoms with Gasteiger partial charge in [-0.3, -0.25) is 4.79 Å². The maximum atomic E-state index is 12.7. The van der Waals surface area contributed by atoms with E-state index < -0.39 is 21.5 Å². The normalized spacial score (nSPS) is 13.4. The van der Waals surface area contributed by atoms with Crippen LogP contribution in [-0.2, 0) is 25.1 Å². The molecule has 0 saturated heterocycles. The molecular weight excluding hydrogens is 408 g/mol. The number of carbonyl (C=O) groups is 1. The first kappa shape index (κ1) is 23.2. The highest BCUT2D eigenvalue weighted by Crippen LogP contribution is 2.40. The molecular formula is C26H30O4S. The number of fused-ring (bicyclic) bond motifs is 1. The van der Waals surface area contributed by atoms with Gasteiger partial charge in [-0.2, -0.15) is 0 Å². The molecule has 0 N–H and O–H groups in total. The first-order valence-corrected chi connectivity index (χ1v) is 12.4. The largest absolute Gasteiger partial charge is 0.360 e. The summed E-state index contributed by atoms with van der Waals surface area (Å²) in [6.45, 7) is 9.35. The van der Waals surface area contributed by atoms with Crippen LogP contribution in [0.1, 0.15) is 50.5 Å².